The molecule has 0 aliphatic carbocycles. The monoisotopic (exact) mass is 382 g/mol. The molecule has 0 radical (unpaired) electrons. The third-order valence-corrected chi connectivity index (χ3v) is 5.10. The summed E-state index contributed by atoms with van der Waals surface area (Å²) in [5.41, 5.74) is 11.8. The first kappa shape index (κ1) is 17.1. The number of methoxy groups -OCH3 is 1. The van der Waals surface area contributed by atoms with Crippen molar-refractivity contribution in [2.24, 2.45) is 0 Å². The highest BCUT2D eigenvalue weighted by Crippen LogP contribution is 2.34. The summed E-state index contributed by atoms with van der Waals surface area (Å²) < 4.78 is 5.22. The molecule has 6 heteroatoms. The van der Waals surface area contributed by atoms with Crippen molar-refractivity contribution in [3.05, 3.63) is 77.1 Å². The number of para-hydroxylation sites is 2. The molecular weight excluding hydrogens is 364 g/mol. The summed E-state index contributed by atoms with van der Waals surface area (Å²) >= 11 is 0. The van der Waals surface area contributed by atoms with E-state index in [4.69, 9.17) is 10.5 Å². The summed E-state index contributed by atoms with van der Waals surface area (Å²) in [6, 6.07) is 21.3. The van der Waals surface area contributed by atoms with Crippen molar-refractivity contribution in [3.8, 4) is 28.3 Å². The second kappa shape index (κ2) is 6.53. The van der Waals surface area contributed by atoms with E-state index < -0.39 is 0 Å². The standard InChI is InChI=1S/C23H18N4O2/c1-29-15-9-6-13(7-10-15)14-8-11-17-16(12-14)20(24)21(25-17)22-23(28)27-19-5-3-2-4-18(19)26-22/h2-12,25H,24H2,1H3,(H,27,28). The second-order valence-electron chi connectivity index (χ2n) is 6.83. The Balaban J connectivity index is 1.65. The normalized spacial score (nSPS) is 11.2. The molecular formula is C23H18N4O2. The van der Waals surface area contributed by atoms with Gasteiger partial charge in [0.15, 0.2) is 5.69 Å². The summed E-state index contributed by atoms with van der Waals surface area (Å²) in [6.07, 6.45) is 0. The van der Waals surface area contributed by atoms with Gasteiger partial charge in [0.1, 0.15) is 5.75 Å². The number of aromatic nitrogens is 3. The molecule has 0 aliphatic heterocycles. The van der Waals surface area contributed by atoms with Crippen molar-refractivity contribution < 1.29 is 4.74 Å². The Morgan fingerprint density at radius 3 is 2.45 bits per heavy atom. The Bertz CT molecular complexity index is 1420. The van der Waals surface area contributed by atoms with E-state index in [0.717, 1.165) is 27.8 Å². The maximum atomic E-state index is 12.6. The van der Waals surface area contributed by atoms with Crippen molar-refractivity contribution in [3.63, 3.8) is 0 Å². The Labute approximate surface area is 166 Å². The number of benzene rings is 3. The van der Waals surface area contributed by atoms with Crippen molar-refractivity contribution in [2.45, 2.75) is 0 Å². The zero-order valence-electron chi connectivity index (χ0n) is 15.7. The minimum absolute atomic E-state index is 0.280. The van der Waals surface area contributed by atoms with Gasteiger partial charge in [0.2, 0.25) is 0 Å². The van der Waals surface area contributed by atoms with Gasteiger partial charge in [-0.3, -0.25) is 4.79 Å². The number of hydrogen-bond acceptors (Lipinski definition) is 4. The van der Waals surface area contributed by atoms with Gasteiger partial charge in [0.25, 0.3) is 5.56 Å². The van der Waals surface area contributed by atoms with Crippen LogP contribution >= 0.6 is 0 Å². The molecule has 0 unspecified atom stereocenters. The smallest absolute Gasteiger partial charge is 0.276 e. The molecule has 29 heavy (non-hydrogen) atoms. The van der Waals surface area contributed by atoms with E-state index in [1.165, 1.54) is 0 Å². The zero-order chi connectivity index (χ0) is 20.0. The summed E-state index contributed by atoms with van der Waals surface area (Å²) in [6.45, 7) is 0. The predicted octanol–water partition coefficient (Wildman–Crippen LogP) is 4.33. The van der Waals surface area contributed by atoms with E-state index in [9.17, 15) is 4.79 Å². The summed E-state index contributed by atoms with van der Waals surface area (Å²) in [7, 11) is 1.64. The quantitative estimate of drug-likeness (QED) is 0.433. The Kier molecular flexibility index (Phi) is 3.84. The number of hydrogen-bond donors (Lipinski definition) is 3. The van der Waals surface area contributed by atoms with E-state index in [0.29, 0.717) is 22.4 Å². The molecule has 0 bridgehead atoms. The molecule has 5 rings (SSSR count). The average Bonchev–Trinajstić information content (AvgIpc) is 3.09. The maximum Gasteiger partial charge on any atom is 0.276 e. The van der Waals surface area contributed by atoms with Gasteiger partial charge < -0.3 is 20.4 Å². The Morgan fingerprint density at radius 2 is 1.66 bits per heavy atom. The van der Waals surface area contributed by atoms with Crippen LogP contribution < -0.4 is 16.0 Å². The van der Waals surface area contributed by atoms with E-state index >= 15 is 0 Å². The first-order valence-corrected chi connectivity index (χ1v) is 9.19. The molecule has 0 saturated carbocycles. The fourth-order valence-electron chi connectivity index (χ4n) is 3.56. The molecule has 3 aromatic carbocycles. The lowest BCUT2D eigenvalue weighted by Gasteiger charge is -2.04. The molecule has 2 aromatic heterocycles. The van der Waals surface area contributed by atoms with Crippen LogP contribution in [0.2, 0.25) is 0 Å². The molecule has 142 valence electrons. The van der Waals surface area contributed by atoms with Crippen LogP contribution in [0.3, 0.4) is 0 Å². The molecule has 0 amide bonds. The van der Waals surface area contributed by atoms with Gasteiger partial charge in [-0.15, -0.1) is 0 Å². The van der Waals surface area contributed by atoms with Crippen LogP contribution in [-0.4, -0.2) is 22.1 Å². The summed E-state index contributed by atoms with van der Waals surface area (Å²) in [5.74, 6) is 0.805. The van der Waals surface area contributed by atoms with Gasteiger partial charge in [-0.2, -0.15) is 0 Å². The number of H-pyrrole nitrogens is 2. The van der Waals surface area contributed by atoms with Crippen molar-refractivity contribution in [2.75, 3.05) is 12.8 Å². The summed E-state index contributed by atoms with van der Waals surface area (Å²) in [5, 5.41) is 0.850. The number of nitrogens with zero attached hydrogens (tertiary/aromatic N) is 1. The summed E-state index contributed by atoms with van der Waals surface area (Å²) in [4.78, 5) is 23.3. The van der Waals surface area contributed by atoms with E-state index in [1.54, 1.807) is 7.11 Å². The molecule has 0 atom stereocenters. The van der Waals surface area contributed by atoms with Crippen LogP contribution in [-0.2, 0) is 0 Å². The van der Waals surface area contributed by atoms with Crippen molar-refractivity contribution in [1.29, 1.82) is 0 Å². The third-order valence-electron chi connectivity index (χ3n) is 5.10. The van der Waals surface area contributed by atoms with Gasteiger partial charge >= 0.3 is 0 Å². The number of anilines is 1. The van der Waals surface area contributed by atoms with Crippen LogP contribution in [0.4, 0.5) is 5.69 Å². The number of nitrogens with two attached hydrogens (primary N) is 1. The minimum atomic E-state index is -0.280. The lowest BCUT2D eigenvalue weighted by atomic mass is 10.0. The topological polar surface area (TPSA) is 96.8 Å². The first-order chi connectivity index (χ1) is 14.1. The maximum absolute atomic E-state index is 12.6. The highest BCUT2D eigenvalue weighted by atomic mass is 16.5. The highest BCUT2D eigenvalue weighted by Gasteiger charge is 2.16. The number of aromatic amines is 2. The fourth-order valence-corrected chi connectivity index (χ4v) is 3.56. The highest BCUT2D eigenvalue weighted by molar-refractivity contribution is 6.01. The number of nitrogen functional groups attached to an aromatic ring is 1. The second-order valence-corrected chi connectivity index (χ2v) is 6.83. The third kappa shape index (κ3) is 2.82. The van der Waals surface area contributed by atoms with Crippen LogP contribution in [0, 0.1) is 0 Å². The van der Waals surface area contributed by atoms with E-state index in [2.05, 4.69) is 15.0 Å². The van der Waals surface area contributed by atoms with Crippen LogP contribution in [0.5, 0.6) is 5.75 Å². The number of ether oxygens (including phenoxy) is 1. The Hall–Kier alpha value is -4.06. The molecule has 4 N–H and O–H groups in total. The number of fused-ring (bicyclic) bond motifs is 2. The predicted molar refractivity (Wildman–Crippen MR) is 116 cm³/mol. The number of nitrogens with one attached hydrogen (secondary N) is 2. The fraction of sp³-hybridized carbons (Fsp3) is 0.0435. The SMILES string of the molecule is COc1ccc(-c2ccc3[nH]c(-c4nc5ccccc5[nH]c4=O)c(N)c3c2)cc1. The van der Waals surface area contributed by atoms with Crippen molar-refractivity contribution >= 4 is 27.6 Å². The van der Waals surface area contributed by atoms with Crippen LogP contribution in [0.25, 0.3) is 44.5 Å². The van der Waals surface area contributed by atoms with Gasteiger partial charge in [0, 0.05) is 10.9 Å². The van der Waals surface area contributed by atoms with Crippen molar-refractivity contribution in [1.82, 2.24) is 15.0 Å². The average molecular weight is 382 g/mol. The largest absolute Gasteiger partial charge is 0.497 e. The Morgan fingerprint density at radius 1 is 0.897 bits per heavy atom. The molecule has 0 aliphatic rings. The molecule has 2 heterocycles. The number of rotatable bonds is 3. The van der Waals surface area contributed by atoms with Gasteiger partial charge in [0.05, 0.1) is 29.5 Å². The van der Waals surface area contributed by atoms with Gasteiger partial charge in [-0.25, -0.2) is 4.98 Å². The molecule has 0 fully saturated rings. The lowest BCUT2D eigenvalue weighted by molar-refractivity contribution is 0.415. The lowest BCUT2D eigenvalue weighted by Crippen LogP contribution is -2.12. The first-order valence-electron chi connectivity index (χ1n) is 9.19. The van der Waals surface area contributed by atoms with E-state index in [1.807, 2.05) is 66.7 Å². The molecule has 5 aromatic rings. The van der Waals surface area contributed by atoms with E-state index in [-0.39, 0.29) is 11.3 Å². The molecule has 6 nitrogen and oxygen atoms in total. The van der Waals surface area contributed by atoms with Crippen LogP contribution in [0.15, 0.2) is 71.5 Å². The minimum Gasteiger partial charge on any atom is -0.497 e. The molecule has 0 spiro atoms. The zero-order valence-corrected chi connectivity index (χ0v) is 15.7. The van der Waals surface area contributed by atoms with Gasteiger partial charge in [-0.1, -0.05) is 30.3 Å². The van der Waals surface area contributed by atoms with Crippen LogP contribution in [0.1, 0.15) is 0 Å². The molecule has 0 saturated heterocycles. The van der Waals surface area contributed by atoms with Gasteiger partial charge in [-0.05, 0) is 47.5 Å².